The minimum absolute atomic E-state index is 0. The molecule has 0 aromatic heterocycles. The molecular formula is C14H20ClN3O4. The molecule has 0 aliphatic carbocycles. The minimum atomic E-state index is -0.350. The number of amides is 2. The molecule has 0 radical (unpaired) electrons. The van der Waals surface area contributed by atoms with Gasteiger partial charge in [0.1, 0.15) is 13.2 Å². The van der Waals surface area contributed by atoms with Crippen LogP contribution in [0.25, 0.3) is 0 Å². The first-order valence-corrected chi connectivity index (χ1v) is 6.81. The van der Waals surface area contributed by atoms with Gasteiger partial charge in [0.25, 0.3) is 0 Å². The summed E-state index contributed by atoms with van der Waals surface area (Å²) in [7, 11) is 0. The fraction of sp³-hybridized carbons (Fsp3) is 0.429. The Labute approximate surface area is 134 Å². The quantitative estimate of drug-likeness (QED) is 0.660. The molecule has 0 saturated carbocycles. The van der Waals surface area contributed by atoms with Gasteiger partial charge in [0.05, 0.1) is 13.1 Å². The van der Waals surface area contributed by atoms with Crippen molar-refractivity contribution >= 4 is 24.2 Å². The SMILES string of the molecule is Cl.NCC(=O)NCC(=O)NCCc1ccc2c(c1)OCCO2. The van der Waals surface area contributed by atoms with Crippen molar-refractivity contribution in [3.8, 4) is 11.5 Å². The summed E-state index contributed by atoms with van der Waals surface area (Å²) in [5.74, 6) is 0.894. The van der Waals surface area contributed by atoms with Gasteiger partial charge in [-0.1, -0.05) is 6.07 Å². The van der Waals surface area contributed by atoms with Crippen molar-refractivity contribution in [3.05, 3.63) is 23.8 Å². The van der Waals surface area contributed by atoms with E-state index in [1.807, 2.05) is 18.2 Å². The molecule has 1 heterocycles. The number of fused-ring (bicyclic) bond motifs is 1. The van der Waals surface area contributed by atoms with Gasteiger partial charge in [-0.3, -0.25) is 9.59 Å². The number of carbonyl (C=O) groups excluding carboxylic acids is 2. The van der Waals surface area contributed by atoms with E-state index in [9.17, 15) is 9.59 Å². The largest absolute Gasteiger partial charge is 0.486 e. The van der Waals surface area contributed by atoms with Crippen LogP contribution in [0.4, 0.5) is 0 Å². The van der Waals surface area contributed by atoms with Crippen molar-refractivity contribution < 1.29 is 19.1 Å². The fourth-order valence-corrected chi connectivity index (χ4v) is 1.90. The van der Waals surface area contributed by atoms with Gasteiger partial charge in [-0.25, -0.2) is 0 Å². The van der Waals surface area contributed by atoms with Crippen LogP contribution >= 0.6 is 12.4 Å². The molecule has 2 amide bonds. The third-order valence-corrected chi connectivity index (χ3v) is 2.97. The smallest absolute Gasteiger partial charge is 0.239 e. The lowest BCUT2D eigenvalue weighted by Gasteiger charge is -2.18. The Balaban J connectivity index is 0.00000242. The maximum absolute atomic E-state index is 11.5. The predicted molar refractivity (Wildman–Crippen MR) is 83.5 cm³/mol. The van der Waals surface area contributed by atoms with E-state index in [0.717, 1.165) is 17.1 Å². The predicted octanol–water partition coefficient (Wildman–Crippen LogP) is -0.387. The zero-order chi connectivity index (χ0) is 15.1. The lowest BCUT2D eigenvalue weighted by molar-refractivity contribution is -0.125. The summed E-state index contributed by atoms with van der Waals surface area (Å²) in [5.41, 5.74) is 6.17. The normalized spacial score (nSPS) is 12.0. The third kappa shape index (κ3) is 5.42. The highest BCUT2D eigenvalue weighted by atomic mass is 35.5. The molecule has 8 heteroatoms. The zero-order valence-electron chi connectivity index (χ0n) is 12.1. The van der Waals surface area contributed by atoms with Gasteiger partial charge in [-0.2, -0.15) is 0 Å². The van der Waals surface area contributed by atoms with E-state index in [1.54, 1.807) is 0 Å². The van der Waals surface area contributed by atoms with E-state index < -0.39 is 0 Å². The van der Waals surface area contributed by atoms with E-state index in [1.165, 1.54) is 0 Å². The van der Waals surface area contributed by atoms with Crippen LogP contribution in [0.15, 0.2) is 18.2 Å². The molecule has 22 heavy (non-hydrogen) atoms. The topological polar surface area (TPSA) is 103 Å². The summed E-state index contributed by atoms with van der Waals surface area (Å²) in [6.07, 6.45) is 0.674. The van der Waals surface area contributed by atoms with E-state index in [-0.39, 0.29) is 37.3 Å². The number of benzene rings is 1. The molecule has 1 aliphatic heterocycles. The molecule has 0 unspecified atom stereocenters. The number of rotatable bonds is 6. The Bertz CT molecular complexity index is 525. The summed E-state index contributed by atoms with van der Waals surface area (Å²) in [6, 6.07) is 5.72. The van der Waals surface area contributed by atoms with E-state index in [0.29, 0.717) is 26.2 Å². The summed E-state index contributed by atoms with van der Waals surface area (Å²) in [6.45, 7) is 1.42. The standard InChI is InChI=1S/C14H19N3O4.ClH/c15-8-13(18)17-9-14(19)16-4-3-10-1-2-11-12(7-10)21-6-5-20-11;/h1-2,7H,3-6,8-9,15H2,(H,16,19)(H,17,18);1H. The summed E-state index contributed by atoms with van der Waals surface area (Å²) in [5, 5.41) is 5.13. The molecule has 4 N–H and O–H groups in total. The average molecular weight is 330 g/mol. The summed E-state index contributed by atoms with van der Waals surface area (Å²) < 4.78 is 10.9. The number of carbonyl (C=O) groups is 2. The van der Waals surface area contributed by atoms with E-state index >= 15 is 0 Å². The van der Waals surface area contributed by atoms with Gasteiger partial charge in [0.15, 0.2) is 11.5 Å². The molecule has 1 aromatic carbocycles. The molecule has 1 aliphatic rings. The highest BCUT2D eigenvalue weighted by molar-refractivity contribution is 5.85. The lowest BCUT2D eigenvalue weighted by atomic mass is 10.1. The molecular weight excluding hydrogens is 310 g/mol. The van der Waals surface area contributed by atoms with Crippen LogP contribution in [0.1, 0.15) is 5.56 Å². The second-order valence-electron chi connectivity index (χ2n) is 4.56. The van der Waals surface area contributed by atoms with Crippen LogP contribution in [0.2, 0.25) is 0 Å². The van der Waals surface area contributed by atoms with E-state index in [4.69, 9.17) is 15.2 Å². The van der Waals surface area contributed by atoms with Crippen molar-refractivity contribution in [1.82, 2.24) is 10.6 Å². The molecule has 0 spiro atoms. The Morgan fingerprint density at radius 1 is 1.09 bits per heavy atom. The number of ether oxygens (including phenoxy) is 2. The maximum Gasteiger partial charge on any atom is 0.239 e. The van der Waals surface area contributed by atoms with E-state index in [2.05, 4.69) is 10.6 Å². The van der Waals surface area contributed by atoms with Gasteiger partial charge in [-0.15, -0.1) is 12.4 Å². The number of nitrogens with one attached hydrogen (secondary N) is 2. The molecule has 1 aromatic rings. The molecule has 122 valence electrons. The second-order valence-corrected chi connectivity index (χ2v) is 4.56. The number of hydrogen-bond acceptors (Lipinski definition) is 5. The van der Waals surface area contributed by atoms with Crippen LogP contribution in [-0.2, 0) is 16.0 Å². The molecule has 0 atom stereocenters. The van der Waals surface area contributed by atoms with Gasteiger partial charge in [-0.05, 0) is 24.1 Å². The van der Waals surface area contributed by atoms with Crippen LogP contribution in [0.3, 0.4) is 0 Å². The van der Waals surface area contributed by atoms with Crippen molar-refractivity contribution in [2.45, 2.75) is 6.42 Å². The molecule has 7 nitrogen and oxygen atoms in total. The van der Waals surface area contributed by atoms with Crippen molar-refractivity contribution in [2.75, 3.05) is 32.8 Å². The zero-order valence-corrected chi connectivity index (χ0v) is 12.9. The van der Waals surface area contributed by atoms with Gasteiger partial charge in [0.2, 0.25) is 11.8 Å². The highest BCUT2D eigenvalue weighted by Crippen LogP contribution is 2.30. The molecule has 0 saturated heterocycles. The fourth-order valence-electron chi connectivity index (χ4n) is 1.90. The van der Waals surface area contributed by atoms with Crippen LogP contribution < -0.4 is 25.8 Å². The molecule has 0 fully saturated rings. The Morgan fingerprint density at radius 2 is 1.82 bits per heavy atom. The third-order valence-electron chi connectivity index (χ3n) is 2.97. The van der Waals surface area contributed by atoms with Gasteiger partial charge < -0.3 is 25.8 Å². The first-order valence-electron chi connectivity index (χ1n) is 6.81. The Hall–Kier alpha value is -1.99. The second kappa shape index (κ2) is 9.11. The number of nitrogens with two attached hydrogens (primary N) is 1. The summed E-state index contributed by atoms with van der Waals surface area (Å²) >= 11 is 0. The van der Waals surface area contributed by atoms with Crippen molar-refractivity contribution in [1.29, 1.82) is 0 Å². The molecule has 0 bridgehead atoms. The van der Waals surface area contributed by atoms with Gasteiger partial charge >= 0.3 is 0 Å². The average Bonchev–Trinajstić information content (AvgIpc) is 2.52. The molecule has 2 rings (SSSR count). The Morgan fingerprint density at radius 3 is 2.55 bits per heavy atom. The van der Waals surface area contributed by atoms with Crippen molar-refractivity contribution in [3.63, 3.8) is 0 Å². The first-order chi connectivity index (χ1) is 10.2. The van der Waals surface area contributed by atoms with Crippen LogP contribution in [0.5, 0.6) is 11.5 Å². The van der Waals surface area contributed by atoms with Crippen LogP contribution in [0, 0.1) is 0 Å². The maximum atomic E-state index is 11.5. The number of hydrogen-bond donors (Lipinski definition) is 3. The van der Waals surface area contributed by atoms with Crippen molar-refractivity contribution in [2.24, 2.45) is 5.73 Å². The lowest BCUT2D eigenvalue weighted by Crippen LogP contribution is -2.40. The minimum Gasteiger partial charge on any atom is -0.486 e. The summed E-state index contributed by atoms with van der Waals surface area (Å²) in [4.78, 5) is 22.4. The highest BCUT2D eigenvalue weighted by Gasteiger charge is 2.11. The Kier molecular flexibility index (Phi) is 7.48. The number of halogens is 1. The monoisotopic (exact) mass is 329 g/mol. The van der Waals surface area contributed by atoms with Crippen LogP contribution in [-0.4, -0.2) is 44.7 Å². The van der Waals surface area contributed by atoms with Gasteiger partial charge in [0, 0.05) is 6.54 Å². The first kappa shape index (κ1) is 18.1.